The van der Waals surface area contributed by atoms with Gasteiger partial charge in [-0.25, -0.2) is 4.98 Å². The number of aryl methyl sites for hydroxylation is 1. The first-order valence-electron chi connectivity index (χ1n) is 3.44. The van der Waals surface area contributed by atoms with E-state index in [-0.39, 0.29) is 24.7 Å². The first kappa shape index (κ1) is 11.1. The molecule has 0 unspecified atom stereocenters. The van der Waals surface area contributed by atoms with Gasteiger partial charge in [0.15, 0.2) is 0 Å². The van der Waals surface area contributed by atoms with Gasteiger partial charge in [0, 0.05) is 6.07 Å². The molecule has 0 radical (unpaired) electrons. The number of halogens is 1. The molecule has 5 heteroatoms. The van der Waals surface area contributed by atoms with Crippen LogP contribution in [0.3, 0.4) is 0 Å². The predicted octanol–water partition coefficient (Wildman–Crippen LogP) is -4.03. The monoisotopic (exact) mass is 190 g/mol. The quantitative estimate of drug-likeness (QED) is 0.467. The Morgan fingerprint density at radius 1 is 1.67 bits per heavy atom. The maximum absolute atomic E-state index is 11.0. The Morgan fingerprint density at radius 3 is 2.83 bits per heavy atom. The summed E-state index contributed by atoms with van der Waals surface area (Å²) in [6.45, 7) is 2.16. The van der Waals surface area contributed by atoms with E-state index in [4.69, 9.17) is 5.11 Å². The average molecular weight is 191 g/mol. The van der Waals surface area contributed by atoms with Gasteiger partial charge >= 0.3 is 5.69 Å². The van der Waals surface area contributed by atoms with Crippen molar-refractivity contribution in [1.82, 2.24) is 4.98 Å². The molecule has 0 amide bonds. The molecule has 1 heterocycles. The zero-order valence-corrected chi connectivity index (χ0v) is 7.51. The summed E-state index contributed by atoms with van der Waals surface area (Å²) in [4.78, 5) is 13.5. The van der Waals surface area contributed by atoms with Gasteiger partial charge < -0.3 is 17.5 Å². The lowest BCUT2D eigenvalue weighted by Gasteiger charge is -1.97. The normalized spacial score (nSPS) is 9.17. The van der Waals surface area contributed by atoms with Crippen molar-refractivity contribution in [3.8, 4) is 0 Å². The lowest BCUT2D eigenvalue weighted by Crippen LogP contribution is -3.00. The molecule has 2 N–H and O–H groups in total. The first-order valence-corrected chi connectivity index (χ1v) is 3.44. The average Bonchev–Trinajstić information content (AvgIpc) is 1.97. The summed E-state index contributed by atoms with van der Waals surface area (Å²) in [5.74, 6) is 0. The molecule has 1 aromatic heterocycles. The zero-order valence-electron chi connectivity index (χ0n) is 6.75. The minimum atomic E-state index is -0.181. The summed E-state index contributed by atoms with van der Waals surface area (Å²) in [7, 11) is 0. The first-order chi connectivity index (χ1) is 5.25. The van der Waals surface area contributed by atoms with Gasteiger partial charge in [-0.15, -0.1) is 0 Å². The molecule has 0 aliphatic carbocycles. The number of hydrogen-bond donors (Lipinski definition) is 2. The molecular weight excluding hydrogens is 180 g/mol. The number of aromatic amines is 1. The second-order valence-electron chi connectivity index (χ2n) is 2.30. The van der Waals surface area contributed by atoms with Gasteiger partial charge in [0.1, 0.15) is 12.2 Å². The lowest BCUT2D eigenvalue weighted by molar-refractivity contribution is -0.720. The van der Waals surface area contributed by atoms with Gasteiger partial charge in [-0.05, 0) is 6.92 Å². The van der Waals surface area contributed by atoms with Gasteiger partial charge in [-0.2, -0.15) is 9.36 Å². The summed E-state index contributed by atoms with van der Waals surface area (Å²) in [6, 6.07) is 1.79. The van der Waals surface area contributed by atoms with Crippen molar-refractivity contribution < 1.29 is 22.1 Å². The molecular formula is C7H11ClN2O2. The SMILES string of the molecule is Cc1cc[nH]c(=O)[n+]1CCO.[Cl-]. The van der Waals surface area contributed by atoms with Crippen molar-refractivity contribution in [2.75, 3.05) is 6.61 Å². The number of nitrogens with one attached hydrogen (secondary N) is 1. The van der Waals surface area contributed by atoms with E-state index in [1.807, 2.05) is 6.92 Å². The third-order valence-electron chi connectivity index (χ3n) is 1.53. The van der Waals surface area contributed by atoms with Crippen LogP contribution >= 0.6 is 0 Å². The Hall–Kier alpha value is -0.870. The van der Waals surface area contributed by atoms with Crippen molar-refractivity contribution in [3.63, 3.8) is 0 Å². The number of hydrogen-bond acceptors (Lipinski definition) is 2. The topological polar surface area (TPSA) is 57.0 Å². The smallest absolute Gasteiger partial charge is 0.495 e. The van der Waals surface area contributed by atoms with Crippen LogP contribution in [-0.2, 0) is 6.54 Å². The third-order valence-corrected chi connectivity index (χ3v) is 1.53. The molecule has 0 fully saturated rings. The van der Waals surface area contributed by atoms with Crippen molar-refractivity contribution in [2.45, 2.75) is 13.5 Å². The minimum Gasteiger partial charge on any atom is -1.00 e. The Morgan fingerprint density at radius 2 is 2.33 bits per heavy atom. The largest absolute Gasteiger partial charge is 1.00 e. The van der Waals surface area contributed by atoms with Crippen LogP contribution in [0.25, 0.3) is 0 Å². The molecule has 0 saturated heterocycles. The van der Waals surface area contributed by atoms with Gasteiger partial charge in [0.2, 0.25) is 0 Å². The van der Waals surface area contributed by atoms with Crippen LogP contribution in [-0.4, -0.2) is 16.7 Å². The highest BCUT2D eigenvalue weighted by Gasteiger charge is 2.05. The maximum atomic E-state index is 11.0. The molecule has 0 saturated carbocycles. The second-order valence-corrected chi connectivity index (χ2v) is 2.30. The van der Waals surface area contributed by atoms with Gasteiger partial charge in [0.25, 0.3) is 0 Å². The number of nitrogens with zero attached hydrogens (tertiary/aromatic N) is 1. The predicted molar refractivity (Wildman–Crippen MR) is 39.1 cm³/mol. The van der Waals surface area contributed by atoms with Crippen molar-refractivity contribution in [2.24, 2.45) is 0 Å². The Kier molecular flexibility index (Phi) is 4.54. The highest BCUT2D eigenvalue weighted by atomic mass is 35.5. The Bertz CT molecular complexity index is 298. The number of rotatable bonds is 2. The van der Waals surface area contributed by atoms with E-state index in [0.29, 0.717) is 6.54 Å². The summed E-state index contributed by atoms with van der Waals surface area (Å²) in [6.07, 6.45) is 1.59. The van der Waals surface area contributed by atoms with Crippen LogP contribution in [0.4, 0.5) is 0 Å². The highest BCUT2D eigenvalue weighted by Crippen LogP contribution is 1.79. The molecule has 0 spiro atoms. The number of aliphatic hydroxyl groups excluding tert-OH is 1. The summed E-state index contributed by atoms with van der Waals surface area (Å²) >= 11 is 0. The van der Waals surface area contributed by atoms with E-state index in [2.05, 4.69) is 4.98 Å². The zero-order chi connectivity index (χ0) is 8.27. The van der Waals surface area contributed by atoms with Crippen LogP contribution < -0.4 is 22.7 Å². The molecule has 68 valence electrons. The van der Waals surface area contributed by atoms with Crippen LogP contribution in [0, 0.1) is 6.92 Å². The summed E-state index contributed by atoms with van der Waals surface area (Å²) in [5, 5.41) is 8.59. The lowest BCUT2D eigenvalue weighted by atomic mass is 10.4. The molecule has 4 nitrogen and oxygen atoms in total. The molecule has 0 aliphatic heterocycles. The van der Waals surface area contributed by atoms with E-state index >= 15 is 0 Å². The van der Waals surface area contributed by atoms with Crippen molar-refractivity contribution in [3.05, 3.63) is 28.4 Å². The molecule has 0 bridgehead atoms. The van der Waals surface area contributed by atoms with E-state index in [9.17, 15) is 4.79 Å². The fraction of sp³-hybridized carbons (Fsp3) is 0.429. The molecule has 0 aromatic carbocycles. The third kappa shape index (κ3) is 2.32. The molecule has 0 atom stereocenters. The number of aromatic nitrogens is 2. The fourth-order valence-electron chi connectivity index (χ4n) is 0.940. The van der Waals surface area contributed by atoms with E-state index < -0.39 is 0 Å². The molecule has 12 heavy (non-hydrogen) atoms. The minimum absolute atomic E-state index is 0. The Labute approximate surface area is 76.3 Å². The number of H-pyrrole nitrogens is 1. The van der Waals surface area contributed by atoms with Crippen molar-refractivity contribution >= 4 is 0 Å². The van der Waals surface area contributed by atoms with Crippen LogP contribution in [0.1, 0.15) is 5.69 Å². The maximum Gasteiger partial charge on any atom is 0.495 e. The van der Waals surface area contributed by atoms with E-state index in [0.717, 1.165) is 5.69 Å². The number of aliphatic hydroxyl groups is 1. The van der Waals surface area contributed by atoms with Crippen LogP contribution in [0.15, 0.2) is 17.1 Å². The van der Waals surface area contributed by atoms with E-state index in [1.54, 1.807) is 12.3 Å². The fourth-order valence-corrected chi connectivity index (χ4v) is 0.940. The van der Waals surface area contributed by atoms with Crippen molar-refractivity contribution in [1.29, 1.82) is 0 Å². The summed E-state index contributed by atoms with van der Waals surface area (Å²) in [5.41, 5.74) is 0.668. The van der Waals surface area contributed by atoms with E-state index in [1.165, 1.54) is 4.57 Å². The molecule has 1 rings (SSSR count). The highest BCUT2D eigenvalue weighted by molar-refractivity contribution is 4.86. The second kappa shape index (κ2) is 4.90. The molecule has 1 aromatic rings. The van der Waals surface area contributed by atoms with Gasteiger partial charge in [-0.3, -0.25) is 0 Å². The Balaban J connectivity index is 0.00000121. The van der Waals surface area contributed by atoms with Gasteiger partial charge in [0.05, 0.1) is 12.8 Å². The summed E-state index contributed by atoms with van der Waals surface area (Å²) < 4.78 is 1.49. The van der Waals surface area contributed by atoms with Gasteiger partial charge in [-0.1, -0.05) is 0 Å². The molecule has 0 aliphatic rings. The van der Waals surface area contributed by atoms with Crippen LogP contribution in [0.5, 0.6) is 0 Å². The van der Waals surface area contributed by atoms with Crippen LogP contribution in [0.2, 0.25) is 0 Å². The standard InChI is InChI=1S/C7H10N2O2.ClH/c1-6-2-3-8-7(11)9(6)4-5-10;/h2-3,10H,4-5H2,1H3;1H.